The van der Waals surface area contributed by atoms with Crippen LogP contribution in [0.15, 0.2) is 60.8 Å². The molecule has 9 heteroatoms. The van der Waals surface area contributed by atoms with Gasteiger partial charge in [0, 0.05) is 32.3 Å². The Balaban J connectivity index is 1.34. The Hall–Kier alpha value is -3.85. The normalized spacial score (nSPS) is 19.0. The Kier molecular flexibility index (Phi) is 7.88. The first-order valence-corrected chi connectivity index (χ1v) is 13.2. The first-order chi connectivity index (χ1) is 18.8. The van der Waals surface area contributed by atoms with E-state index in [4.69, 9.17) is 9.47 Å². The number of ether oxygens (including phenoxy) is 2. The van der Waals surface area contributed by atoms with Gasteiger partial charge in [0.25, 0.3) is 5.91 Å². The van der Waals surface area contributed by atoms with E-state index in [1.54, 1.807) is 23.0 Å². The van der Waals surface area contributed by atoms with Crippen molar-refractivity contribution in [2.24, 2.45) is 0 Å². The number of aryl methyl sites for hydroxylation is 1. The minimum absolute atomic E-state index is 0.0113. The third kappa shape index (κ3) is 6.60. The fraction of sp³-hybridized carbons (Fsp3) is 0.400. The maximum absolute atomic E-state index is 13.6. The second kappa shape index (κ2) is 11.5. The number of carbonyl (C=O) groups excluding carboxylic acids is 2. The number of morpholine rings is 1. The molecule has 1 aliphatic carbocycles. The van der Waals surface area contributed by atoms with Gasteiger partial charge in [-0.05, 0) is 49.6 Å². The molecule has 2 fully saturated rings. The lowest BCUT2D eigenvalue weighted by Crippen LogP contribution is -2.58. The maximum atomic E-state index is 13.6. The summed E-state index contributed by atoms with van der Waals surface area (Å²) in [5.41, 5.74) is 1.02. The third-order valence-corrected chi connectivity index (χ3v) is 7.18. The quantitative estimate of drug-likeness (QED) is 0.412. The number of amides is 2. The van der Waals surface area contributed by atoms with Gasteiger partial charge in [0.1, 0.15) is 29.6 Å². The SMILES string of the molecule is Cc1nc(C2CC2)ncc1C(=O)N1CCO[C@@](COc2ccc(F)cc2)(CC(=O)N(C)Cc2ccccc2)C1. The van der Waals surface area contributed by atoms with Gasteiger partial charge >= 0.3 is 0 Å². The summed E-state index contributed by atoms with van der Waals surface area (Å²) in [7, 11) is 1.75. The predicted octanol–water partition coefficient (Wildman–Crippen LogP) is 4.14. The molecule has 0 unspecified atom stereocenters. The molecule has 2 amide bonds. The summed E-state index contributed by atoms with van der Waals surface area (Å²) >= 11 is 0. The molecule has 204 valence electrons. The number of rotatable bonds is 9. The smallest absolute Gasteiger partial charge is 0.257 e. The van der Waals surface area contributed by atoms with E-state index in [1.165, 1.54) is 24.3 Å². The number of halogens is 1. The zero-order valence-electron chi connectivity index (χ0n) is 22.3. The zero-order valence-corrected chi connectivity index (χ0v) is 22.3. The highest BCUT2D eigenvalue weighted by Gasteiger charge is 2.42. The Labute approximate surface area is 227 Å². The standard InChI is InChI=1S/C30H33FN4O4/c1-21-26(17-32-28(33-21)23-8-9-23)29(37)35-14-15-39-30(19-35,20-38-25-12-10-24(31)11-13-25)16-27(36)34(2)18-22-6-4-3-5-7-22/h3-7,10-13,17,23H,8-9,14-16,18-20H2,1-2H3/t30-/m0/s1. The van der Waals surface area contributed by atoms with E-state index in [9.17, 15) is 14.0 Å². The van der Waals surface area contributed by atoms with Gasteiger partial charge in [-0.25, -0.2) is 14.4 Å². The summed E-state index contributed by atoms with van der Waals surface area (Å²) < 4.78 is 25.6. The van der Waals surface area contributed by atoms with Gasteiger partial charge in [-0.15, -0.1) is 0 Å². The fourth-order valence-corrected chi connectivity index (χ4v) is 4.77. The highest BCUT2D eigenvalue weighted by molar-refractivity contribution is 5.95. The van der Waals surface area contributed by atoms with Crippen molar-refractivity contribution in [2.45, 2.75) is 44.2 Å². The molecule has 2 heterocycles. The molecule has 0 N–H and O–H groups in total. The number of hydrogen-bond acceptors (Lipinski definition) is 6. The molecule has 5 rings (SSSR count). The van der Waals surface area contributed by atoms with Gasteiger partial charge in [-0.1, -0.05) is 30.3 Å². The van der Waals surface area contributed by atoms with Crippen LogP contribution in [-0.4, -0.2) is 70.5 Å². The molecule has 0 radical (unpaired) electrons. The average molecular weight is 533 g/mol. The lowest BCUT2D eigenvalue weighted by molar-refractivity contribution is -0.152. The fourth-order valence-electron chi connectivity index (χ4n) is 4.77. The molecule has 1 saturated heterocycles. The number of hydrogen-bond donors (Lipinski definition) is 0. The van der Waals surface area contributed by atoms with Crippen LogP contribution in [0.4, 0.5) is 4.39 Å². The van der Waals surface area contributed by atoms with E-state index < -0.39 is 5.60 Å². The highest BCUT2D eigenvalue weighted by atomic mass is 19.1. The molecule has 39 heavy (non-hydrogen) atoms. The summed E-state index contributed by atoms with van der Waals surface area (Å²) in [5, 5.41) is 0. The minimum atomic E-state index is -1.09. The Morgan fingerprint density at radius 3 is 2.59 bits per heavy atom. The van der Waals surface area contributed by atoms with Gasteiger partial charge in [0.05, 0.1) is 30.8 Å². The summed E-state index contributed by atoms with van der Waals surface area (Å²) in [4.78, 5) is 39.3. The van der Waals surface area contributed by atoms with Crippen LogP contribution in [0.25, 0.3) is 0 Å². The van der Waals surface area contributed by atoms with Crippen molar-refractivity contribution < 1.29 is 23.5 Å². The number of aromatic nitrogens is 2. The highest BCUT2D eigenvalue weighted by Crippen LogP contribution is 2.38. The maximum Gasteiger partial charge on any atom is 0.257 e. The van der Waals surface area contributed by atoms with Crippen LogP contribution in [0.5, 0.6) is 5.75 Å². The van der Waals surface area contributed by atoms with Crippen molar-refractivity contribution in [3.05, 3.63) is 89.3 Å². The van der Waals surface area contributed by atoms with E-state index in [0.29, 0.717) is 36.0 Å². The predicted molar refractivity (Wildman–Crippen MR) is 143 cm³/mol. The van der Waals surface area contributed by atoms with Crippen molar-refractivity contribution in [2.75, 3.05) is 33.4 Å². The Bertz CT molecular complexity index is 1320. The van der Waals surface area contributed by atoms with Crippen LogP contribution in [-0.2, 0) is 16.1 Å². The van der Waals surface area contributed by atoms with Gasteiger partial charge in [-0.3, -0.25) is 9.59 Å². The number of nitrogens with zero attached hydrogens (tertiary/aromatic N) is 4. The van der Waals surface area contributed by atoms with Crippen molar-refractivity contribution in [3.8, 4) is 5.75 Å². The van der Waals surface area contributed by atoms with E-state index in [1.807, 2.05) is 37.3 Å². The van der Waals surface area contributed by atoms with Gasteiger partial charge in [0.15, 0.2) is 0 Å². The molecule has 2 aliphatic rings. The summed E-state index contributed by atoms with van der Waals surface area (Å²) in [6.45, 7) is 3.06. The second-order valence-corrected chi connectivity index (χ2v) is 10.4. The first-order valence-electron chi connectivity index (χ1n) is 13.2. The Morgan fingerprint density at radius 2 is 1.90 bits per heavy atom. The first kappa shape index (κ1) is 26.7. The minimum Gasteiger partial charge on any atom is -0.490 e. The van der Waals surface area contributed by atoms with Crippen LogP contribution >= 0.6 is 0 Å². The summed E-state index contributed by atoms with van der Waals surface area (Å²) in [6, 6.07) is 15.4. The van der Waals surface area contributed by atoms with Crippen LogP contribution in [0.1, 0.15) is 52.6 Å². The topological polar surface area (TPSA) is 84.9 Å². The zero-order chi connectivity index (χ0) is 27.4. The van der Waals surface area contributed by atoms with E-state index in [2.05, 4.69) is 9.97 Å². The summed E-state index contributed by atoms with van der Waals surface area (Å²) in [5.74, 6) is 0.934. The molecule has 8 nitrogen and oxygen atoms in total. The second-order valence-electron chi connectivity index (χ2n) is 10.4. The lowest BCUT2D eigenvalue weighted by atomic mass is 9.96. The van der Waals surface area contributed by atoms with Crippen molar-refractivity contribution in [3.63, 3.8) is 0 Å². The average Bonchev–Trinajstić information content (AvgIpc) is 3.79. The van der Waals surface area contributed by atoms with Crippen LogP contribution in [0.3, 0.4) is 0 Å². The molecule has 2 aromatic carbocycles. The van der Waals surface area contributed by atoms with Gasteiger partial charge < -0.3 is 19.3 Å². The molecule has 0 spiro atoms. The molecular formula is C30H33FN4O4. The molecular weight excluding hydrogens is 499 g/mol. The summed E-state index contributed by atoms with van der Waals surface area (Å²) in [6.07, 6.45) is 3.79. The van der Waals surface area contributed by atoms with E-state index in [-0.39, 0.29) is 43.8 Å². The number of carbonyl (C=O) groups is 2. The molecule has 0 bridgehead atoms. The van der Waals surface area contributed by atoms with Crippen molar-refractivity contribution in [1.29, 1.82) is 0 Å². The molecule has 3 aromatic rings. The largest absolute Gasteiger partial charge is 0.490 e. The van der Waals surface area contributed by atoms with Crippen LogP contribution in [0.2, 0.25) is 0 Å². The van der Waals surface area contributed by atoms with Gasteiger partial charge in [-0.2, -0.15) is 0 Å². The lowest BCUT2D eigenvalue weighted by Gasteiger charge is -2.42. The van der Waals surface area contributed by atoms with E-state index in [0.717, 1.165) is 24.2 Å². The van der Waals surface area contributed by atoms with Crippen LogP contribution in [0, 0.1) is 12.7 Å². The Morgan fingerprint density at radius 1 is 1.15 bits per heavy atom. The molecule has 1 aliphatic heterocycles. The van der Waals surface area contributed by atoms with Crippen molar-refractivity contribution >= 4 is 11.8 Å². The number of benzene rings is 2. The van der Waals surface area contributed by atoms with E-state index >= 15 is 0 Å². The molecule has 1 saturated carbocycles. The third-order valence-electron chi connectivity index (χ3n) is 7.18. The monoisotopic (exact) mass is 532 g/mol. The van der Waals surface area contributed by atoms with Crippen molar-refractivity contribution in [1.82, 2.24) is 19.8 Å². The van der Waals surface area contributed by atoms with Crippen LogP contribution < -0.4 is 4.74 Å². The van der Waals surface area contributed by atoms with Gasteiger partial charge in [0.2, 0.25) is 5.91 Å². The molecule has 1 aromatic heterocycles. The molecule has 1 atom stereocenters.